The van der Waals surface area contributed by atoms with Crippen LogP contribution >= 0.6 is 58.0 Å². The molecule has 0 spiro atoms. The van der Waals surface area contributed by atoms with E-state index in [0.29, 0.717) is 19.4 Å². The molecule has 0 rings (SSSR count). The van der Waals surface area contributed by atoms with Crippen molar-refractivity contribution in [2.24, 2.45) is 11.8 Å². The molecule has 0 aromatic carbocycles. The van der Waals surface area contributed by atoms with Crippen LogP contribution in [0.3, 0.4) is 0 Å². The summed E-state index contributed by atoms with van der Waals surface area (Å²) in [6, 6.07) is 0. The maximum absolute atomic E-state index is 11.7. The highest BCUT2D eigenvalue weighted by Gasteiger charge is 2.20. The van der Waals surface area contributed by atoms with Crippen molar-refractivity contribution in [3.8, 4) is 0 Å². The third-order valence-electron chi connectivity index (χ3n) is 4.30. The van der Waals surface area contributed by atoms with E-state index in [1.165, 1.54) is 4.90 Å². The van der Waals surface area contributed by atoms with Crippen LogP contribution in [0.4, 0.5) is 9.59 Å². The largest absolute Gasteiger partial charge is 0.460 e. The summed E-state index contributed by atoms with van der Waals surface area (Å²) in [7, 11) is 3.48. The molecule has 0 aliphatic carbocycles. The van der Waals surface area contributed by atoms with Crippen LogP contribution in [0.2, 0.25) is 0 Å². The van der Waals surface area contributed by atoms with E-state index in [9.17, 15) is 19.2 Å². The Morgan fingerprint density at radius 3 is 1.40 bits per heavy atom. The van der Waals surface area contributed by atoms with Crippen molar-refractivity contribution in [1.29, 1.82) is 0 Å². The van der Waals surface area contributed by atoms with Gasteiger partial charge >= 0.3 is 23.5 Å². The van der Waals surface area contributed by atoms with Crippen molar-refractivity contribution in [3.63, 3.8) is 0 Å². The van der Waals surface area contributed by atoms with E-state index in [4.69, 9.17) is 72.2 Å². The summed E-state index contributed by atoms with van der Waals surface area (Å²) in [5.41, 5.74) is -2.95. The topological polar surface area (TPSA) is 120 Å². The van der Waals surface area contributed by atoms with Crippen LogP contribution in [0, 0.1) is 11.8 Å². The lowest BCUT2D eigenvalue weighted by Crippen LogP contribution is -2.32. The number of nitrogens with one attached hydrogen (secondary N) is 1. The highest BCUT2D eigenvalue weighted by Crippen LogP contribution is 2.14. The minimum absolute atomic E-state index is 0. The molecule has 15 heteroatoms. The Balaban J connectivity index is -0.000000182. The Morgan fingerprint density at radius 2 is 1.11 bits per heavy atom. The quantitative estimate of drug-likeness (QED) is 0.0684. The third kappa shape index (κ3) is 45.3. The van der Waals surface area contributed by atoms with Gasteiger partial charge in [0.1, 0.15) is 11.2 Å². The lowest BCUT2D eigenvalue weighted by atomic mass is 10.2. The van der Waals surface area contributed by atoms with Crippen molar-refractivity contribution in [2.75, 3.05) is 32.5 Å². The molecule has 0 saturated heterocycles. The summed E-state index contributed by atoms with van der Waals surface area (Å²) in [5, 5.41) is 3.17. The molecule has 1 N–H and O–H groups in total. The minimum Gasteiger partial charge on any atom is -0.460 e. The van der Waals surface area contributed by atoms with Crippen LogP contribution in [-0.2, 0) is 28.5 Å². The van der Waals surface area contributed by atoms with Crippen molar-refractivity contribution in [3.05, 3.63) is 0 Å². The summed E-state index contributed by atoms with van der Waals surface area (Å²) in [6.45, 7) is 19.8. The van der Waals surface area contributed by atoms with E-state index in [1.54, 1.807) is 7.05 Å². The van der Waals surface area contributed by atoms with E-state index in [0.717, 1.165) is 13.0 Å². The van der Waals surface area contributed by atoms with Crippen LogP contribution in [0.5, 0.6) is 0 Å². The van der Waals surface area contributed by atoms with Gasteiger partial charge in [-0.3, -0.25) is 9.59 Å². The molecule has 10 nitrogen and oxygen atoms in total. The fourth-order valence-corrected chi connectivity index (χ4v) is 2.59. The maximum Gasteiger partial charge on any atom is 0.410 e. The van der Waals surface area contributed by atoms with Gasteiger partial charge in [-0.2, -0.15) is 0 Å². The summed E-state index contributed by atoms with van der Waals surface area (Å²) in [4.78, 5) is 45.7. The van der Waals surface area contributed by atoms with Gasteiger partial charge in [0.25, 0.3) is 0 Å². The molecule has 0 heterocycles. The van der Waals surface area contributed by atoms with Gasteiger partial charge in [-0.05, 0) is 68.0 Å². The van der Waals surface area contributed by atoms with Gasteiger partial charge in [0.05, 0.1) is 5.34 Å². The first-order valence-electron chi connectivity index (χ1n) is 14.2. The number of ether oxygens (including phenoxy) is 4. The molecular weight excluding hydrogens is 694 g/mol. The van der Waals surface area contributed by atoms with Gasteiger partial charge in [0, 0.05) is 49.9 Å². The average molecular weight is 753 g/mol. The Bertz CT molecular complexity index is 776. The zero-order valence-corrected chi connectivity index (χ0v) is 32.1. The molecule has 2 atom stereocenters. The van der Waals surface area contributed by atoms with Gasteiger partial charge in [0.2, 0.25) is 0 Å². The molecule has 1 amide bonds. The lowest BCUT2D eigenvalue weighted by molar-refractivity contribution is -0.156. The van der Waals surface area contributed by atoms with Crippen molar-refractivity contribution >= 4 is 81.5 Å². The standard InChI is InChI=1S/C14H26ClNO4.C9H19NO2.C5H8Cl2O2.CH2Cl2.CH4/c1-10(2)12(15)19-13(18)16(6)9-7-8-11(17)20-14(3,4)5;1-9(2,3)12-8(11)6-5-7-10-4;1-3(2)4(6)9-5(7)8;2-1-3;/h10,12H,7-9H2,1-6H3;10H,5-7H2,1-4H3;3-4H,1-2H3;1H2;1H4. The molecule has 0 aliphatic heterocycles. The van der Waals surface area contributed by atoms with Crippen LogP contribution in [-0.4, -0.2) is 83.2 Å². The number of amides is 1. The molecule has 2 unspecified atom stereocenters. The van der Waals surface area contributed by atoms with E-state index < -0.39 is 28.2 Å². The summed E-state index contributed by atoms with van der Waals surface area (Å²) >= 11 is 25.8. The molecule has 0 fully saturated rings. The number of esters is 2. The number of alkyl halides is 4. The molecule has 0 bridgehead atoms. The molecule has 0 aliphatic rings. The lowest BCUT2D eigenvalue weighted by Gasteiger charge is -2.22. The average Bonchev–Trinajstić information content (AvgIpc) is 2.82. The predicted octanol–water partition coefficient (Wildman–Crippen LogP) is 9.37. The smallest absolute Gasteiger partial charge is 0.410 e. The number of carbonyl (C=O) groups is 4. The number of carbonyl (C=O) groups excluding carboxylic acids is 4. The fraction of sp³-hybridized carbons (Fsp3) is 0.867. The summed E-state index contributed by atoms with van der Waals surface area (Å²) in [5.74, 6) is -0.237. The van der Waals surface area contributed by atoms with Crippen molar-refractivity contribution in [1.82, 2.24) is 10.2 Å². The van der Waals surface area contributed by atoms with Crippen LogP contribution < -0.4 is 5.32 Å². The second-order valence-corrected chi connectivity index (χ2v) is 13.9. The first kappa shape index (κ1) is 53.6. The predicted molar refractivity (Wildman–Crippen MR) is 188 cm³/mol. The van der Waals surface area contributed by atoms with Crippen molar-refractivity contribution in [2.45, 2.75) is 125 Å². The molecular formula is C30H59Cl5N2O8. The zero-order valence-electron chi connectivity index (χ0n) is 28.4. The molecule has 0 saturated carbocycles. The highest BCUT2D eigenvalue weighted by atomic mass is 35.5. The summed E-state index contributed by atoms with van der Waals surface area (Å²) < 4.78 is 19.8. The Morgan fingerprint density at radius 1 is 0.756 bits per heavy atom. The molecule has 272 valence electrons. The van der Waals surface area contributed by atoms with E-state index in [2.05, 4.69) is 10.1 Å². The van der Waals surface area contributed by atoms with Crippen LogP contribution in [0.25, 0.3) is 0 Å². The monoisotopic (exact) mass is 750 g/mol. The summed E-state index contributed by atoms with van der Waals surface area (Å²) in [6.07, 6.45) is 1.64. The number of hydrogen-bond acceptors (Lipinski definition) is 9. The molecule has 0 aromatic rings. The normalized spacial score (nSPS) is 11.9. The Kier molecular flexibility index (Phi) is 36.2. The van der Waals surface area contributed by atoms with Gasteiger partial charge in [-0.15, -0.1) is 23.2 Å². The molecule has 0 aromatic heterocycles. The first-order valence-corrected chi connectivity index (χ1v) is 16.5. The van der Waals surface area contributed by atoms with Crippen LogP contribution in [0.1, 0.15) is 102 Å². The Hall–Kier alpha value is -0.910. The molecule has 45 heavy (non-hydrogen) atoms. The van der Waals surface area contributed by atoms with Gasteiger partial charge < -0.3 is 29.2 Å². The maximum atomic E-state index is 11.7. The Labute approximate surface area is 297 Å². The SMILES string of the molecule is C.CC(C)C(Cl)OC(=O)Cl.CC(C)C(Cl)OC(=O)N(C)CCCC(=O)OC(C)(C)C.CNCCCC(=O)OC(C)(C)C.ClCCl. The second-order valence-electron chi connectivity index (χ2n) is 11.9. The number of halogens is 5. The van der Waals surface area contributed by atoms with E-state index in [-0.39, 0.29) is 48.6 Å². The zero-order chi connectivity index (χ0) is 35.7. The number of nitrogens with zero attached hydrogens (tertiary/aromatic N) is 1. The fourth-order valence-electron chi connectivity index (χ4n) is 2.29. The number of hydrogen-bond donors (Lipinski definition) is 1. The second kappa shape index (κ2) is 30.4. The van der Waals surface area contributed by atoms with Gasteiger partial charge in [-0.1, -0.05) is 58.3 Å². The first-order chi connectivity index (χ1) is 19.9. The highest BCUT2D eigenvalue weighted by molar-refractivity contribution is 6.61. The van der Waals surface area contributed by atoms with Crippen molar-refractivity contribution < 1.29 is 38.1 Å². The van der Waals surface area contributed by atoms with Crippen LogP contribution in [0.15, 0.2) is 0 Å². The van der Waals surface area contributed by atoms with E-state index >= 15 is 0 Å². The van der Waals surface area contributed by atoms with Gasteiger partial charge in [0.15, 0.2) is 11.1 Å². The van der Waals surface area contributed by atoms with E-state index in [1.807, 2.05) is 76.3 Å². The molecule has 0 radical (unpaired) electrons. The van der Waals surface area contributed by atoms with Gasteiger partial charge in [-0.25, -0.2) is 9.59 Å². The third-order valence-corrected chi connectivity index (χ3v) is 5.58. The number of rotatable bonds is 12. The minimum atomic E-state index is -0.858.